The zero-order chi connectivity index (χ0) is 18.4. The van der Waals surface area contributed by atoms with Crippen molar-refractivity contribution in [2.24, 2.45) is 5.41 Å². The lowest BCUT2D eigenvalue weighted by atomic mass is 9.85. The molecule has 1 saturated heterocycles. The van der Waals surface area contributed by atoms with Crippen molar-refractivity contribution in [2.45, 2.75) is 37.7 Å². The van der Waals surface area contributed by atoms with Gasteiger partial charge in [-0.05, 0) is 53.4 Å². The summed E-state index contributed by atoms with van der Waals surface area (Å²) in [4.78, 5) is 14.5. The molecule has 0 aromatic heterocycles. The Balaban J connectivity index is 1.29. The summed E-state index contributed by atoms with van der Waals surface area (Å²) in [5.74, 6) is 0.103. The molecule has 5 rings (SSSR count). The average molecular weight is 363 g/mol. The van der Waals surface area contributed by atoms with E-state index in [1.54, 1.807) is 0 Å². The second-order valence-electron chi connectivity index (χ2n) is 8.37. The van der Waals surface area contributed by atoms with Crippen LogP contribution >= 0.6 is 0 Å². The number of aliphatic hydroxyl groups excluding tert-OH is 1. The minimum absolute atomic E-state index is 0.103. The molecule has 2 aromatic carbocycles. The van der Waals surface area contributed by atoms with E-state index in [1.165, 1.54) is 22.3 Å². The third-order valence-electron chi connectivity index (χ3n) is 6.71. The minimum atomic E-state index is -0.213. The summed E-state index contributed by atoms with van der Waals surface area (Å²) in [5.41, 5.74) is 5.08. The minimum Gasteiger partial charge on any atom is -0.448 e. The first kappa shape index (κ1) is 16.8. The lowest BCUT2D eigenvalue weighted by Gasteiger charge is -2.24. The van der Waals surface area contributed by atoms with Gasteiger partial charge in [-0.25, -0.2) is 4.79 Å². The lowest BCUT2D eigenvalue weighted by molar-refractivity contribution is 0.101. The van der Waals surface area contributed by atoms with Crippen molar-refractivity contribution in [1.82, 2.24) is 4.90 Å². The van der Waals surface area contributed by atoms with E-state index >= 15 is 0 Å². The number of likely N-dealkylation sites (tertiary alicyclic amines) is 1. The van der Waals surface area contributed by atoms with Crippen molar-refractivity contribution in [1.29, 1.82) is 0 Å². The van der Waals surface area contributed by atoms with Gasteiger partial charge in [0.05, 0.1) is 6.10 Å². The van der Waals surface area contributed by atoms with Gasteiger partial charge in [-0.2, -0.15) is 0 Å². The number of rotatable bonds is 2. The number of carbonyl (C=O) groups is 1. The first-order valence-corrected chi connectivity index (χ1v) is 9.93. The third-order valence-corrected chi connectivity index (χ3v) is 6.71. The van der Waals surface area contributed by atoms with Crippen molar-refractivity contribution in [3.8, 4) is 11.1 Å². The number of carbonyl (C=O) groups excluding carboxylic acids is 1. The predicted octanol–water partition coefficient (Wildman–Crippen LogP) is 4.17. The Morgan fingerprint density at radius 3 is 2.37 bits per heavy atom. The monoisotopic (exact) mass is 363 g/mol. The molecule has 0 radical (unpaired) electrons. The summed E-state index contributed by atoms with van der Waals surface area (Å²) >= 11 is 0. The summed E-state index contributed by atoms with van der Waals surface area (Å²) in [6.07, 6.45) is 3.26. The first-order chi connectivity index (χ1) is 13.2. The molecule has 2 aliphatic carbocycles. The highest BCUT2D eigenvalue weighted by Crippen LogP contribution is 2.46. The van der Waals surface area contributed by atoms with Crippen LogP contribution in [0.15, 0.2) is 48.5 Å². The molecule has 1 spiro atoms. The molecule has 0 bridgehead atoms. The lowest BCUT2D eigenvalue weighted by Crippen LogP contribution is -2.32. The molecule has 2 aromatic rings. The molecule has 4 heteroatoms. The summed E-state index contributed by atoms with van der Waals surface area (Å²) in [7, 11) is 0. The highest BCUT2D eigenvalue weighted by atomic mass is 16.6. The van der Waals surface area contributed by atoms with Gasteiger partial charge in [0.1, 0.15) is 6.61 Å². The largest absolute Gasteiger partial charge is 0.448 e. The smallest absolute Gasteiger partial charge is 0.409 e. The second kappa shape index (κ2) is 6.38. The van der Waals surface area contributed by atoms with Crippen LogP contribution in [0.5, 0.6) is 0 Å². The van der Waals surface area contributed by atoms with E-state index in [0.29, 0.717) is 6.61 Å². The van der Waals surface area contributed by atoms with Crippen molar-refractivity contribution >= 4 is 6.09 Å². The maximum absolute atomic E-state index is 12.7. The Labute approximate surface area is 159 Å². The van der Waals surface area contributed by atoms with E-state index < -0.39 is 0 Å². The SMILES string of the molecule is O=C(OCC1c2ccccc2-c2ccccc21)N1CCC2(CCC(O)C2)C1. The normalized spacial score (nSPS) is 26.4. The van der Waals surface area contributed by atoms with E-state index in [4.69, 9.17) is 4.74 Å². The number of hydrogen-bond acceptors (Lipinski definition) is 3. The molecule has 1 aliphatic heterocycles. The van der Waals surface area contributed by atoms with Crippen LogP contribution in [-0.2, 0) is 4.74 Å². The van der Waals surface area contributed by atoms with Gasteiger partial charge in [0, 0.05) is 19.0 Å². The van der Waals surface area contributed by atoms with Gasteiger partial charge < -0.3 is 14.7 Å². The molecule has 4 nitrogen and oxygen atoms in total. The molecular weight excluding hydrogens is 338 g/mol. The zero-order valence-corrected chi connectivity index (χ0v) is 15.4. The van der Waals surface area contributed by atoms with Gasteiger partial charge in [0.2, 0.25) is 0 Å². The summed E-state index contributed by atoms with van der Waals surface area (Å²) in [6, 6.07) is 16.8. The van der Waals surface area contributed by atoms with Crippen LogP contribution in [0, 0.1) is 5.41 Å². The van der Waals surface area contributed by atoms with Crippen LogP contribution < -0.4 is 0 Å². The Hall–Kier alpha value is -2.33. The molecular formula is C23H25NO3. The predicted molar refractivity (Wildman–Crippen MR) is 104 cm³/mol. The van der Waals surface area contributed by atoms with E-state index in [2.05, 4.69) is 48.5 Å². The second-order valence-corrected chi connectivity index (χ2v) is 8.37. The molecule has 2 unspecified atom stereocenters. The summed E-state index contributed by atoms with van der Waals surface area (Å²) in [5, 5.41) is 9.88. The van der Waals surface area contributed by atoms with Gasteiger partial charge >= 0.3 is 6.09 Å². The molecule has 3 aliphatic rings. The number of hydrogen-bond donors (Lipinski definition) is 1. The number of nitrogens with zero attached hydrogens (tertiary/aromatic N) is 1. The van der Waals surface area contributed by atoms with Gasteiger partial charge in [0.15, 0.2) is 0 Å². The Bertz CT molecular complexity index is 834. The highest BCUT2D eigenvalue weighted by Gasteiger charge is 2.45. The van der Waals surface area contributed by atoms with E-state index in [-0.39, 0.29) is 23.5 Å². The maximum Gasteiger partial charge on any atom is 0.409 e. The Morgan fingerprint density at radius 2 is 1.74 bits per heavy atom. The zero-order valence-electron chi connectivity index (χ0n) is 15.4. The van der Waals surface area contributed by atoms with Crippen molar-refractivity contribution in [3.05, 3.63) is 59.7 Å². The number of fused-ring (bicyclic) bond motifs is 3. The topological polar surface area (TPSA) is 49.8 Å². The van der Waals surface area contributed by atoms with Crippen LogP contribution in [0.3, 0.4) is 0 Å². The van der Waals surface area contributed by atoms with Crippen LogP contribution in [0.2, 0.25) is 0 Å². The Kier molecular flexibility index (Phi) is 3.97. The highest BCUT2D eigenvalue weighted by molar-refractivity contribution is 5.79. The molecule has 2 atom stereocenters. The van der Waals surface area contributed by atoms with Crippen LogP contribution in [0.25, 0.3) is 11.1 Å². The van der Waals surface area contributed by atoms with Gasteiger partial charge in [-0.15, -0.1) is 0 Å². The molecule has 1 heterocycles. The van der Waals surface area contributed by atoms with Crippen LogP contribution in [0.4, 0.5) is 4.79 Å². The van der Waals surface area contributed by atoms with Crippen molar-refractivity contribution in [3.63, 3.8) is 0 Å². The molecule has 1 saturated carbocycles. The van der Waals surface area contributed by atoms with Crippen molar-refractivity contribution < 1.29 is 14.6 Å². The molecule has 140 valence electrons. The molecule has 2 fully saturated rings. The number of ether oxygens (including phenoxy) is 1. The quantitative estimate of drug-likeness (QED) is 0.871. The average Bonchev–Trinajstić information content (AvgIpc) is 3.36. The van der Waals surface area contributed by atoms with Crippen LogP contribution in [0.1, 0.15) is 42.7 Å². The fraction of sp³-hybridized carbons (Fsp3) is 0.435. The molecule has 1 amide bonds. The summed E-state index contributed by atoms with van der Waals surface area (Å²) in [6.45, 7) is 1.84. The van der Waals surface area contributed by atoms with E-state index in [9.17, 15) is 9.90 Å². The first-order valence-electron chi connectivity index (χ1n) is 9.93. The van der Waals surface area contributed by atoms with Gasteiger partial charge in [-0.1, -0.05) is 48.5 Å². The maximum atomic E-state index is 12.7. The number of benzene rings is 2. The Morgan fingerprint density at radius 1 is 1.07 bits per heavy atom. The van der Waals surface area contributed by atoms with Gasteiger partial charge in [0.25, 0.3) is 0 Å². The van der Waals surface area contributed by atoms with Crippen LogP contribution in [-0.4, -0.2) is 41.9 Å². The summed E-state index contributed by atoms with van der Waals surface area (Å²) < 4.78 is 5.78. The number of amides is 1. The fourth-order valence-electron chi connectivity index (χ4n) is 5.32. The van der Waals surface area contributed by atoms with Crippen molar-refractivity contribution in [2.75, 3.05) is 19.7 Å². The fourth-order valence-corrected chi connectivity index (χ4v) is 5.32. The van der Waals surface area contributed by atoms with E-state index in [0.717, 1.165) is 38.8 Å². The molecule has 1 N–H and O–H groups in total. The molecule has 27 heavy (non-hydrogen) atoms. The number of aliphatic hydroxyl groups is 1. The van der Waals surface area contributed by atoms with E-state index in [1.807, 2.05) is 4.90 Å². The van der Waals surface area contributed by atoms with Gasteiger partial charge in [-0.3, -0.25) is 0 Å². The third kappa shape index (κ3) is 2.83. The standard InChI is InChI=1S/C23H25NO3/c25-16-9-10-23(13-16)11-12-24(15-23)22(26)27-14-21-19-7-3-1-5-17(19)18-6-2-4-8-20(18)21/h1-8,16,21,25H,9-15H2.